The second-order valence-electron chi connectivity index (χ2n) is 12.0. The van der Waals surface area contributed by atoms with Gasteiger partial charge in [-0.1, -0.05) is 206 Å². The average Bonchev–Trinajstić information content (AvgIpc) is 3.19. The molecule has 0 saturated carbocycles. The topological polar surface area (TPSA) is 9.23 Å². The molecule has 0 aromatic heterocycles. The monoisotopic (exact) mass is 658 g/mol. The van der Waals surface area contributed by atoms with E-state index in [4.69, 9.17) is 4.74 Å². The first-order valence-corrected chi connectivity index (χ1v) is 17.5. The zero-order valence-corrected chi connectivity index (χ0v) is 28.8. The number of hydrogen-bond donors (Lipinski definition) is 0. The van der Waals surface area contributed by atoms with Crippen molar-refractivity contribution >= 4 is 22.3 Å². The van der Waals surface area contributed by atoms with Crippen LogP contribution in [0.25, 0.3) is 22.3 Å². The minimum atomic E-state index is 0.800. The fourth-order valence-electron chi connectivity index (χ4n) is 5.73. The number of benzene rings is 5. The molecule has 0 spiro atoms. The van der Waals surface area contributed by atoms with Gasteiger partial charge in [0.15, 0.2) is 0 Å². The lowest BCUT2D eigenvalue weighted by molar-refractivity contribution is 0.482. The van der Waals surface area contributed by atoms with Crippen molar-refractivity contribution < 1.29 is 4.74 Å². The van der Waals surface area contributed by atoms with Gasteiger partial charge in [0.2, 0.25) is 0 Å². The van der Waals surface area contributed by atoms with Crippen molar-refractivity contribution in [2.24, 2.45) is 0 Å². The molecule has 0 unspecified atom stereocenters. The van der Waals surface area contributed by atoms with Crippen LogP contribution in [0.1, 0.15) is 35.1 Å². The number of allylic oxidation sites excluding steroid dienone is 18. The van der Waals surface area contributed by atoms with Gasteiger partial charge in [-0.15, -0.1) is 0 Å². The molecule has 1 aliphatic carbocycles. The number of para-hydroxylation sites is 1. The predicted octanol–water partition coefficient (Wildman–Crippen LogP) is 13.7. The van der Waals surface area contributed by atoms with Crippen LogP contribution in [0.4, 0.5) is 0 Å². The predicted molar refractivity (Wildman–Crippen MR) is 219 cm³/mol. The number of ether oxygens (including phenoxy) is 1. The Morgan fingerprint density at radius 1 is 0.314 bits per heavy atom. The first kappa shape index (κ1) is 34.4. The standard InChI is InChI=1S/C50H42O/c1-5-21-41(22-6-1)44-27-13-15-29-45(42-23-7-2-8-24-42)31-17-19-33-47(48-37-39-50(40-38-48)51-49-35-11-4-12-36-49)34-20-18-32-46(30-16-14-28-44)43-25-9-3-10-26-43/h1-27,29-30,32-40H,28,31H2/b15-13?,16-14-,19-17-,32-18+,34-20+,44-27?,45-29-,46-30-,47-33-. The Morgan fingerprint density at radius 3 is 1.18 bits per heavy atom. The van der Waals surface area contributed by atoms with Crippen molar-refractivity contribution in [3.05, 3.63) is 253 Å². The van der Waals surface area contributed by atoms with Gasteiger partial charge in [-0.2, -0.15) is 0 Å². The maximum Gasteiger partial charge on any atom is 0.127 e. The summed E-state index contributed by atoms with van der Waals surface area (Å²) in [5, 5.41) is 0. The second kappa shape index (κ2) is 18.9. The molecule has 0 atom stereocenters. The van der Waals surface area contributed by atoms with Gasteiger partial charge in [-0.25, -0.2) is 0 Å². The van der Waals surface area contributed by atoms with Crippen LogP contribution >= 0.6 is 0 Å². The summed E-state index contributed by atoms with van der Waals surface area (Å²) in [4.78, 5) is 0. The first-order valence-electron chi connectivity index (χ1n) is 17.5. The van der Waals surface area contributed by atoms with Gasteiger partial charge in [0.05, 0.1) is 0 Å². The molecule has 0 bridgehead atoms. The van der Waals surface area contributed by atoms with Gasteiger partial charge in [0.25, 0.3) is 0 Å². The Hall–Kier alpha value is -6.44. The maximum atomic E-state index is 6.06. The molecule has 248 valence electrons. The van der Waals surface area contributed by atoms with E-state index in [0.29, 0.717) is 0 Å². The van der Waals surface area contributed by atoms with Gasteiger partial charge >= 0.3 is 0 Å². The van der Waals surface area contributed by atoms with Crippen molar-refractivity contribution in [2.75, 3.05) is 0 Å². The lowest BCUT2D eigenvalue weighted by atomic mass is 10.00. The summed E-state index contributed by atoms with van der Waals surface area (Å²) in [6.45, 7) is 0. The minimum absolute atomic E-state index is 0.800. The van der Waals surface area contributed by atoms with Gasteiger partial charge in [-0.05, 0) is 81.7 Å². The molecular weight excluding hydrogens is 617 g/mol. The van der Waals surface area contributed by atoms with E-state index in [0.717, 1.165) is 41.1 Å². The molecule has 0 N–H and O–H groups in total. The Balaban J connectivity index is 1.35. The lowest BCUT2D eigenvalue weighted by Crippen LogP contribution is -1.86. The van der Waals surface area contributed by atoms with Gasteiger partial charge in [0.1, 0.15) is 11.5 Å². The highest BCUT2D eigenvalue weighted by Gasteiger charge is 2.03. The highest BCUT2D eigenvalue weighted by atomic mass is 16.5. The molecular formula is C50H42O. The van der Waals surface area contributed by atoms with Crippen LogP contribution in [-0.2, 0) is 0 Å². The Morgan fingerprint density at radius 2 is 0.706 bits per heavy atom. The van der Waals surface area contributed by atoms with E-state index >= 15 is 0 Å². The molecule has 0 aliphatic heterocycles. The first-order chi connectivity index (χ1) is 25.3. The van der Waals surface area contributed by atoms with E-state index in [2.05, 4.69) is 188 Å². The molecule has 0 heterocycles. The largest absolute Gasteiger partial charge is 0.457 e. The molecule has 0 amide bonds. The van der Waals surface area contributed by atoms with Crippen LogP contribution < -0.4 is 4.74 Å². The van der Waals surface area contributed by atoms with E-state index in [-0.39, 0.29) is 0 Å². The highest BCUT2D eigenvalue weighted by molar-refractivity contribution is 5.78. The maximum absolute atomic E-state index is 6.06. The van der Waals surface area contributed by atoms with E-state index in [1.165, 1.54) is 27.8 Å². The molecule has 0 saturated heterocycles. The number of rotatable bonds is 6. The third-order valence-corrected chi connectivity index (χ3v) is 8.43. The third-order valence-electron chi connectivity index (χ3n) is 8.43. The Labute approximate surface area is 303 Å². The zero-order valence-electron chi connectivity index (χ0n) is 28.8. The minimum Gasteiger partial charge on any atom is -0.457 e. The third kappa shape index (κ3) is 10.8. The summed E-state index contributed by atoms with van der Waals surface area (Å²) in [5.74, 6) is 1.63. The van der Waals surface area contributed by atoms with Crippen molar-refractivity contribution in [3.8, 4) is 11.5 Å². The fraction of sp³-hybridized carbons (Fsp3) is 0.0400. The van der Waals surface area contributed by atoms with E-state index in [1.807, 2.05) is 42.5 Å². The summed E-state index contributed by atoms with van der Waals surface area (Å²) in [6, 6.07) is 49.9. The van der Waals surface area contributed by atoms with Crippen molar-refractivity contribution in [2.45, 2.75) is 12.8 Å². The molecule has 5 aromatic rings. The molecule has 1 aliphatic rings. The molecule has 5 aromatic carbocycles. The summed E-state index contributed by atoms with van der Waals surface area (Å²) < 4.78 is 6.06. The van der Waals surface area contributed by atoms with E-state index in [1.54, 1.807) is 0 Å². The van der Waals surface area contributed by atoms with E-state index < -0.39 is 0 Å². The molecule has 51 heavy (non-hydrogen) atoms. The summed E-state index contributed by atoms with van der Waals surface area (Å²) in [6.07, 6.45) is 32.1. The molecule has 6 rings (SSSR count). The fourth-order valence-corrected chi connectivity index (χ4v) is 5.73. The molecule has 1 heteroatoms. The van der Waals surface area contributed by atoms with Gasteiger partial charge < -0.3 is 4.74 Å². The highest BCUT2D eigenvalue weighted by Crippen LogP contribution is 2.26. The van der Waals surface area contributed by atoms with Crippen molar-refractivity contribution in [3.63, 3.8) is 0 Å². The average molecular weight is 659 g/mol. The second-order valence-corrected chi connectivity index (χ2v) is 12.0. The smallest absolute Gasteiger partial charge is 0.127 e. The quantitative estimate of drug-likeness (QED) is 0.176. The van der Waals surface area contributed by atoms with Gasteiger partial charge in [0, 0.05) is 0 Å². The van der Waals surface area contributed by atoms with Crippen LogP contribution in [0.5, 0.6) is 11.5 Å². The molecule has 0 radical (unpaired) electrons. The van der Waals surface area contributed by atoms with Crippen LogP contribution in [-0.4, -0.2) is 0 Å². The van der Waals surface area contributed by atoms with Crippen LogP contribution in [0, 0.1) is 0 Å². The Bertz CT molecular complexity index is 2100. The molecule has 1 nitrogen and oxygen atoms in total. The van der Waals surface area contributed by atoms with Crippen molar-refractivity contribution in [1.29, 1.82) is 0 Å². The van der Waals surface area contributed by atoms with Crippen molar-refractivity contribution in [1.82, 2.24) is 0 Å². The number of hydrogen-bond acceptors (Lipinski definition) is 1. The zero-order chi connectivity index (χ0) is 34.8. The molecule has 0 fully saturated rings. The SMILES string of the molecule is C1=C/C=C(\c2ccccc2)C\C=C/C=C(c2ccc(Oc3ccccc3)cc2)/C=C/C=C/C(c2ccccc2)=C/C=C\CC(c2ccccc2)=C1. The van der Waals surface area contributed by atoms with Crippen LogP contribution in [0.15, 0.2) is 231 Å². The van der Waals surface area contributed by atoms with Crippen LogP contribution in [0.2, 0.25) is 0 Å². The van der Waals surface area contributed by atoms with Crippen LogP contribution in [0.3, 0.4) is 0 Å². The summed E-state index contributed by atoms with van der Waals surface area (Å²) >= 11 is 0. The summed E-state index contributed by atoms with van der Waals surface area (Å²) in [7, 11) is 0. The normalized spacial score (nSPS) is 19.8. The lowest BCUT2D eigenvalue weighted by Gasteiger charge is -2.07. The Kier molecular flexibility index (Phi) is 12.8. The van der Waals surface area contributed by atoms with Gasteiger partial charge in [-0.3, -0.25) is 0 Å². The summed E-state index contributed by atoms with van der Waals surface area (Å²) in [5.41, 5.74) is 9.48. The van der Waals surface area contributed by atoms with E-state index in [9.17, 15) is 0 Å².